The van der Waals surface area contributed by atoms with Crippen molar-refractivity contribution in [2.75, 3.05) is 0 Å². The molecule has 0 saturated carbocycles. The van der Waals surface area contributed by atoms with E-state index in [1.54, 1.807) is 12.3 Å². The summed E-state index contributed by atoms with van der Waals surface area (Å²) in [6.07, 6.45) is 0.820. The average Bonchev–Trinajstić information content (AvgIpc) is 2.88. The van der Waals surface area contributed by atoms with Crippen molar-refractivity contribution in [1.29, 1.82) is 0 Å². The third-order valence-corrected chi connectivity index (χ3v) is 4.21. The summed E-state index contributed by atoms with van der Waals surface area (Å²) in [6, 6.07) is 11.1. The molecule has 1 aromatic heterocycles. The van der Waals surface area contributed by atoms with Crippen molar-refractivity contribution in [2.24, 2.45) is 11.5 Å². The third-order valence-electron chi connectivity index (χ3n) is 4.21. The Kier molecular flexibility index (Phi) is 3.73. The normalized spacial score (nSPS) is 10.8. The van der Waals surface area contributed by atoms with Crippen molar-refractivity contribution < 1.29 is 14.4 Å². The van der Waals surface area contributed by atoms with E-state index < -0.39 is 12.0 Å². The van der Waals surface area contributed by atoms with Gasteiger partial charge in [0.2, 0.25) is 5.91 Å². The van der Waals surface area contributed by atoms with Crippen LogP contribution in [0.5, 0.6) is 0 Å². The second kappa shape index (κ2) is 5.73. The zero-order chi connectivity index (χ0) is 17.4. The van der Waals surface area contributed by atoms with Gasteiger partial charge in [-0.1, -0.05) is 24.3 Å². The molecule has 0 fully saturated rings. The first kappa shape index (κ1) is 15.6. The Morgan fingerprint density at radius 2 is 1.67 bits per heavy atom. The van der Waals surface area contributed by atoms with E-state index in [9.17, 15) is 9.59 Å². The van der Waals surface area contributed by atoms with Gasteiger partial charge in [-0.05, 0) is 42.7 Å². The number of nitrogens with two attached hydrogens (primary N) is 2. The van der Waals surface area contributed by atoms with E-state index in [0.29, 0.717) is 5.56 Å². The zero-order valence-corrected chi connectivity index (χ0v) is 13.4. The highest BCUT2D eigenvalue weighted by Crippen LogP contribution is 2.34. The maximum absolute atomic E-state index is 11.5. The fraction of sp³-hybridized carbons (Fsp3) is 0.111. The smallest absolute Gasteiger partial charge is 0.366 e. The van der Waals surface area contributed by atoms with E-state index in [1.165, 1.54) is 4.73 Å². The van der Waals surface area contributed by atoms with Crippen LogP contribution in [0.4, 0.5) is 4.79 Å². The van der Waals surface area contributed by atoms with E-state index in [-0.39, 0.29) is 0 Å². The van der Waals surface area contributed by atoms with Gasteiger partial charge in [-0.2, -0.15) is 4.73 Å². The summed E-state index contributed by atoms with van der Waals surface area (Å²) in [5.74, 6) is -0.457. The number of rotatable bonds is 3. The summed E-state index contributed by atoms with van der Waals surface area (Å²) in [5, 5.41) is 0.910. The fourth-order valence-corrected chi connectivity index (χ4v) is 2.92. The molecule has 6 nitrogen and oxygen atoms in total. The number of primary amides is 2. The van der Waals surface area contributed by atoms with Crippen molar-refractivity contribution in [3.63, 3.8) is 0 Å². The van der Waals surface area contributed by atoms with Gasteiger partial charge in [0, 0.05) is 16.5 Å². The molecule has 122 valence electrons. The predicted octanol–water partition coefficient (Wildman–Crippen LogP) is 2.53. The minimum absolute atomic E-state index is 0.457. The summed E-state index contributed by atoms with van der Waals surface area (Å²) >= 11 is 0. The van der Waals surface area contributed by atoms with Crippen molar-refractivity contribution in [3.05, 3.63) is 59.3 Å². The largest absolute Gasteiger partial charge is 0.429 e. The van der Waals surface area contributed by atoms with Gasteiger partial charge in [-0.25, -0.2) is 4.79 Å². The number of carbonyl (C=O) groups excluding carboxylic acids is 2. The Morgan fingerprint density at radius 1 is 0.958 bits per heavy atom. The van der Waals surface area contributed by atoms with E-state index >= 15 is 0 Å². The van der Waals surface area contributed by atoms with Crippen LogP contribution in [0.2, 0.25) is 0 Å². The molecule has 6 heteroatoms. The molecule has 3 rings (SSSR count). The van der Waals surface area contributed by atoms with Crippen LogP contribution < -0.4 is 16.3 Å². The van der Waals surface area contributed by atoms with E-state index in [4.69, 9.17) is 16.3 Å². The third kappa shape index (κ3) is 2.48. The Bertz CT molecular complexity index is 973. The number of para-hydroxylation sites is 1. The minimum Gasteiger partial charge on any atom is -0.366 e. The molecule has 0 radical (unpaired) electrons. The van der Waals surface area contributed by atoms with Crippen LogP contribution in [0.3, 0.4) is 0 Å². The van der Waals surface area contributed by atoms with Gasteiger partial charge in [-0.15, -0.1) is 0 Å². The number of fused-ring (bicyclic) bond motifs is 1. The molecule has 0 saturated heterocycles. The molecule has 4 N–H and O–H groups in total. The van der Waals surface area contributed by atoms with E-state index in [1.807, 2.05) is 44.2 Å². The van der Waals surface area contributed by atoms with E-state index in [2.05, 4.69) is 0 Å². The number of hydrogen-bond donors (Lipinski definition) is 2. The first-order valence-corrected chi connectivity index (χ1v) is 7.38. The summed E-state index contributed by atoms with van der Waals surface area (Å²) < 4.78 is 1.35. The first-order valence-electron chi connectivity index (χ1n) is 7.38. The van der Waals surface area contributed by atoms with E-state index in [0.717, 1.165) is 33.2 Å². The molecular weight excluding hydrogens is 306 g/mol. The predicted molar refractivity (Wildman–Crippen MR) is 91.5 cm³/mol. The molecule has 0 bridgehead atoms. The summed E-state index contributed by atoms with van der Waals surface area (Å²) in [7, 11) is 0. The van der Waals surface area contributed by atoms with Crippen LogP contribution in [0.25, 0.3) is 22.0 Å². The fourth-order valence-electron chi connectivity index (χ4n) is 2.92. The summed E-state index contributed by atoms with van der Waals surface area (Å²) in [5.41, 5.74) is 15.3. The molecule has 0 spiro atoms. The standard InChI is InChI=1S/C18H17N3O3/c1-10-11(2)13(17(19)22)8-7-12(10)15-9-21(24-18(20)23)16-6-4-3-5-14(15)16/h3-9H,1-2H3,(H2,19,22)(H2,20,23). The molecule has 0 aliphatic carbocycles. The molecule has 24 heavy (non-hydrogen) atoms. The van der Waals surface area contributed by atoms with Crippen molar-refractivity contribution in [2.45, 2.75) is 13.8 Å². The Hall–Kier alpha value is -3.28. The van der Waals surface area contributed by atoms with Gasteiger partial charge in [-0.3, -0.25) is 4.79 Å². The number of benzene rings is 2. The van der Waals surface area contributed by atoms with Gasteiger partial charge < -0.3 is 16.3 Å². The van der Waals surface area contributed by atoms with Crippen LogP contribution in [-0.2, 0) is 0 Å². The molecule has 0 atom stereocenters. The summed E-state index contributed by atoms with van der Waals surface area (Å²) in [4.78, 5) is 27.7. The Morgan fingerprint density at radius 3 is 2.33 bits per heavy atom. The van der Waals surface area contributed by atoms with Gasteiger partial charge in [0.1, 0.15) is 0 Å². The van der Waals surface area contributed by atoms with Crippen LogP contribution in [0.15, 0.2) is 42.6 Å². The number of nitrogens with zero attached hydrogens (tertiary/aromatic N) is 1. The number of amides is 2. The highest BCUT2D eigenvalue weighted by atomic mass is 16.7. The molecular formula is C18H17N3O3. The van der Waals surface area contributed by atoms with Gasteiger partial charge in [0.25, 0.3) is 0 Å². The molecule has 2 amide bonds. The first-order chi connectivity index (χ1) is 11.4. The number of aromatic nitrogens is 1. The van der Waals surface area contributed by atoms with Gasteiger partial charge in [0.05, 0.1) is 11.7 Å². The van der Waals surface area contributed by atoms with Crippen LogP contribution in [0.1, 0.15) is 21.5 Å². The van der Waals surface area contributed by atoms with Gasteiger partial charge >= 0.3 is 6.09 Å². The second-order valence-corrected chi connectivity index (χ2v) is 5.57. The van der Waals surface area contributed by atoms with Crippen LogP contribution in [0, 0.1) is 13.8 Å². The Labute approximate surface area is 138 Å². The van der Waals surface area contributed by atoms with Crippen molar-refractivity contribution >= 4 is 22.9 Å². The molecule has 2 aromatic carbocycles. The average molecular weight is 323 g/mol. The number of carbonyl (C=O) groups is 2. The quantitative estimate of drug-likeness (QED) is 0.774. The molecule has 1 heterocycles. The highest BCUT2D eigenvalue weighted by Gasteiger charge is 2.16. The van der Waals surface area contributed by atoms with Crippen LogP contribution in [-0.4, -0.2) is 16.7 Å². The molecule has 0 aliphatic rings. The van der Waals surface area contributed by atoms with Crippen molar-refractivity contribution in [1.82, 2.24) is 4.73 Å². The highest BCUT2D eigenvalue weighted by molar-refractivity contribution is 5.99. The molecule has 0 unspecified atom stereocenters. The molecule has 0 aliphatic heterocycles. The molecule has 3 aromatic rings. The monoisotopic (exact) mass is 323 g/mol. The maximum Gasteiger partial charge on any atom is 0.429 e. The lowest BCUT2D eigenvalue weighted by Gasteiger charge is -2.11. The second-order valence-electron chi connectivity index (χ2n) is 5.57. The lowest BCUT2D eigenvalue weighted by atomic mass is 9.93. The zero-order valence-electron chi connectivity index (χ0n) is 13.4. The maximum atomic E-state index is 11.5. The topological polar surface area (TPSA) is 100 Å². The van der Waals surface area contributed by atoms with Crippen molar-refractivity contribution in [3.8, 4) is 11.1 Å². The van der Waals surface area contributed by atoms with Crippen LogP contribution >= 0.6 is 0 Å². The SMILES string of the molecule is Cc1c(C(N)=O)ccc(-c2cn(OC(N)=O)c3ccccc23)c1C. The minimum atomic E-state index is -0.890. The number of hydrogen-bond acceptors (Lipinski definition) is 3. The van der Waals surface area contributed by atoms with Gasteiger partial charge in [0.15, 0.2) is 0 Å². The Balaban J connectivity index is 2.25. The lowest BCUT2D eigenvalue weighted by molar-refractivity contribution is 0.0999. The summed E-state index contributed by atoms with van der Waals surface area (Å²) in [6.45, 7) is 3.79. The lowest BCUT2D eigenvalue weighted by Crippen LogP contribution is -2.24.